The first-order chi connectivity index (χ1) is 62.7. The number of nitrogens with two attached hydrogens (primary N) is 4. The Morgan fingerprint density at radius 1 is 0.477 bits per heavy atom. The SMILES string of the molecule is Brc1ncccn1.CC1(C)OB(c2cccc(N)c2)OC1(C)C.CCOC(=O)c1cnc(SC)nc1Cl.CCOC(=O)c1cnc(SC)nc1Nc1cccc(-c2ncccn2)c1.CSc1ncc(C(=O)O)c(Nc2cccc(-c3ncccn3)c2)n1.NC(=O)c1cnc(N[C@@H]2CCCC[C@@H]2N)nc1Nc1cccc(-c2ncccn2)c1.Nc1cccc(-c2ncccn2)c1. The number of primary amides is 1. The van der Waals surface area contributed by atoms with E-state index in [1.54, 1.807) is 106 Å². The van der Waals surface area contributed by atoms with Gasteiger partial charge < -0.3 is 68.1 Å². The van der Waals surface area contributed by atoms with Gasteiger partial charge in [0.25, 0.3) is 5.91 Å². The van der Waals surface area contributed by atoms with Gasteiger partial charge in [0.1, 0.15) is 44.9 Å². The summed E-state index contributed by atoms with van der Waals surface area (Å²) in [5.41, 5.74) is 31.3. The van der Waals surface area contributed by atoms with Crippen LogP contribution < -0.4 is 49.7 Å². The minimum Gasteiger partial charge on any atom is -0.477 e. The Bertz CT molecular complexity index is 6030. The summed E-state index contributed by atoms with van der Waals surface area (Å²) in [5.74, 6) is 1.23. The number of benzene rings is 5. The van der Waals surface area contributed by atoms with Gasteiger partial charge in [-0.15, -0.1) is 0 Å². The van der Waals surface area contributed by atoms with Crippen LogP contribution >= 0.6 is 62.8 Å². The molecule has 35 nitrogen and oxygen atoms in total. The second-order valence-corrected chi connectivity index (χ2v) is 31.8. The van der Waals surface area contributed by atoms with Gasteiger partial charge in [-0.2, -0.15) is 4.98 Å². The van der Waals surface area contributed by atoms with Gasteiger partial charge in [-0.3, -0.25) is 4.79 Å². The lowest BCUT2D eigenvalue weighted by atomic mass is 9.79. The van der Waals surface area contributed by atoms with Gasteiger partial charge in [-0.1, -0.05) is 120 Å². The summed E-state index contributed by atoms with van der Waals surface area (Å²) in [4.78, 5) is 121. The molecule has 0 unspecified atom stereocenters. The van der Waals surface area contributed by atoms with Crippen LogP contribution in [0, 0.1) is 0 Å². The molecule has 9 aromatic heterocycles. The Balaban J connectivity index is 0.000000163. The number of aromatic nitrogens is 18. The Hall–Kier alpha value is -13.7. The van der Waals surface area contributed by atoms with Gasteiger partial charge in [-0.25, -0.2) is 99.1 Å². The number of esters is 2. The molecule has 1 amide bonds. The van der Waals surface area contributed by atoms with Crippen LogP contribution in [0.2, 0.25) is 5.15 Å². The van der Waals surface area contributed by atoms with Crippen molar-refractivity contribution in [2.75, 3.05) is 64.7 Å². The molecular weight excluding hydrogens is 1800 g/mol. The van der Waals surface area contributed by atoms with Crippen LogP contribution in [0.3, 0.4) is 0 Å². The number of hydrogen-bond acceptors (Lipinski definition) is 36. The molecule has 1 aliphatic heterocycles. The third kappa shape index (κ3) is 29.7. The van der Waals surface area contributed by atoms with E-state index in [9.17, 15) is 24.3 Å². The Kier molecular flexibility index (Phi) is 37.5. The molecule has 14 aromatic rings. The van der Waals surface area contributed by atoms with Crippen LogP contribution in [0.1, 0.15) is 109 Å². The number of thioether (sulfide) groups is 3. The second-order valence-electron chi connectivity index (χ2n) is 28.4. The van der Waals surface area contributed by atoms with Crippen LogP contribution in [0.5, 0.6) is 0 Å². The zero-order chi connectivity index (χ0) is 93.0. The molecular formula is C89H93BBrClN26O9S3. The van der Waals surface area contributed by atoms with Crippen molar-refractivity contribution < 1.29 is 43.1 Å². The third-order valence-electron chi connectivity index (χ3n) is 18.7. The molecule has 0 bridgehead atoms. The molecule has 0 radical (unpaired) electrons. The number of carboxylic acid groups (broad SMARTS) is 1. The summed E-state index contributed by atoms with van der Waals surface area (Å²) in [6, 6.07) is 46.6. The molecule has 2 atom stereocenters. The second kappa shape index (κ2) is 49.6. The number of carbonyl (C=O) groups is 4. The maximum absolute atomic E-state index is 12.2. The number of carboxylic acids is 1. The molecule has 13 N–H and O–H groups in total. The van der Waals surface area contributed by atoms with Crippen molar-refractivity contribution in [3.8, 4) is 45.6 Å². The third-order valence-corrected chi connectivity index (χ3v) is 21.1. The highest BCUT2D eigenvalue weighted by atomic mass is 79.9. The maximum atomic E-state index is 12.2. The number of carbonyl (C=O) groups excluding carboxylic acids is 3. The normalized spacial score (nSPS) is 13.6. The number of halogens is 2. The number of aromatic carboxylic acids is 1. The molecule has 10 heterocycles. The highest BCUT2D eigenvalue weighted by Gasteiger charge is 2.51. The fourth-order valence-corrected chi connectivity index (χ4v) is 13.2. The summed E-state index contributed by atoms with van der Waals surface area (Å²) < 4.78 is 22.3. The summed E-state index contributed by atoms with van der Waals surface area (Å²) >= 11 is 13.0. The predicted molar refractivity (Wildman–Crippen MR) is 510 cm³/mol. The summed E-state index contributed by atoms with van der Waals surface area (Å²) in [6.45, 7) is 12.2. The van der Waals surface area contributed by atoms with E-state index in [-0.39, 0.29) is 70.2 Å². The summed E-state index contributed by atoms with van der Waals surface area (Å²) in [5, 5.41) is 23.7. The first kappa shape index (κ1) is 98.4. The Morgan fingerprint density at radius 2 is 0.846 bits per heavy atom. The summed E-state index contributed by atoms with van der Waals surface area (Å²) in [7, 11) is -0.325. The van der Waals surface area contributed by atoms with E-state index in [2.05, 4.69) is 127 Å². The quantitative estimate of drug-likeness (QED) is 0.00760. The fourth-order valence-electron chi connectivity index (χ4n) is 11.7. The molecule has 2 fully saturated rings. The monoisotopic (exact) mass is 1890 g/mol. The van der Waals surface area contributed by atoms with Gasteiger partial charge >= 0.3 is 25.0 Å². The lowest BCUT2D eigenvalue weighted by Crippen LogP contribution is -2.43. The van der Waals surface area contributed by atoms with Crippen molar-refractivity contribution in [2.24, 2.45) is 11.5 Å². The number of nitrogens with one attached hydrogen (secondary N) is 4. The first-order valence-electron chi connectivity index (χ1n) is 40.1. The van der Waals surface area contributed by atoms with E-state index in [0.717, 1.165) is 76.1 Å². The van der Waals surface area contributed by atoms with Gasteiger partial charge in [0.15, 0.2) is 43.5 Å². The molecule has 1 saturated carbocycles. The number of rotatable bonds is 22. The maximum Gasteiger partial charge on any atom is 0.494 e. The van der Waals surface area contributed by atoms with Crippen LogP contribution in [0.25, 0.3) is 45.6 Å². The number of ether oxygens (including phenoxy) is 2. The van der Waals surface area contributed by atoms with Gasteiger partial charge in [0.05, 0.1) is 24.4 Å². The smallest absolute Gasteiger partial charge is 0.477 e. The highest BCUT2D eigenvalue weighted by Crippen LogP contribution is 2.37. The fraction of sp³-hybridized carbons (Fsp3) is 0.213. The van der Waals surface area contributed by atoms with E-state index in [1.807, 2.05) is 168 Å². The van der Waals surface area contributed by atoms with E-state index in [4.69, 9.17) is 53.3 Å². The number of hydrogen-bond donors (Lipinski definition) is 9. The average Bonchev–Trinajstić information content (AvgIpc) is 1.62. The molecule has 1 saturated heterocycles. The molecule has 130 heavy (non-hydrogen) atoms. The minimum atomic E-state index is -1.09. The van der Waals surface area contributed by atoms with Crippen LogP contribution in [-0.4, -0.2) is 181 Å². The number of nitrogen functional groups attached to an aromatic ring is 2. The molecule has 41 heteroatoms. The molecule has 16 rings (SSSR count). The van der Waals surface area contributed by atoms with Crippen LogP contribution in [-0.2, 0) is 18.8 Å². The van der Waals surface area contributed by atoms with Crippen LogP contribution in [0.4, 0.5) is 51.8 Å². The first-order valence-corrected chi connectivity index (χ1v) is 44.9. The lowest BCUT2D eigenvalue weighted by molar-refractivity contribution is 0.00578. The van der Waals surface area contributed by atoms with Crippen molar-refractivity contribution in [3.63, 3.8) is 0 Å². The highest BCUT2D eigenvalue weighted by molar-refractivity contribution is 9.10. The van der Waals surface area contributed by atoms with Gasteiger partial charge in [-0.05, 0) is 186 Å². The predicted octanol–water partition coefficient (Wildman–Crippen LogP) is 15.7. The standard InChI is InChI=1S/C21H24N8O.C18H17N5O2S.C16H13N5O2S.C12H18BNO2.C10H9N3.C8H9ClN2O2S.C4H3BrN2/c22-16-7-1-2-8-17(16)28-21-26-12-15(18(23)30)20(29-21)27-14-6-3-5-13(11-14)19-24-9-4-10-25-19;1-3-25-17(24)14-11-21-18(26-2)23-16(14)22-13-7-4-6-12(10-13)15-19-8-5-9-20-15;1-24-16-19-9-12(15(22)23)14(21-16)20-11-5-2-4-10(8-11)13-17-6-3-7-18-13;1-11(2)12(3,4)16-13(15-11)9-6-5-7-10(14)8-9;11-9-4-1-3-8(7-9)10-12-5-2-6-13-10;1-3-13-7(12)5-4-10-8(14-2)11-6(5)9;5-4-6-2-1-3-7-4/h3-6,9-12,16-17H,1-2,7-8,22H2,(H2,23,30)(H2,26,27,28,29);4-11H,3H2,1-2H3,(H,21,22,23);2-9H,1H3,(H,22,23)(H,19,20,21);5-8H,14H2,1-4H3;1-7H,11H2;4H,3H2,1-2H3;1-3H/t16-,17+;;;;;;/m0....../s1. The van der Waals surface area contributed by atoms with Crippen molar-refractivity contribution in [2.45, 2.75) is 106 Å². The number of anilines is 9. The number of nitrogens with zero attached hydrogens (tertiary/aromatic N) is 18. The van der Waals surface area contributed by atoms with Crippen molar-refractivity contribution in [3.05, 3.63) is 271 Å². The van der Waals surface area contributed by atoms with E-state index in [1.165, 1.54) is 60.1 Å². The Labute approximate surface area is 776 Å². The zero-order valence-corrected chi connectivity index (χ0v) is 76.8. The van der Waals surface area contributed by atoms with E-state index in [0.29, 0.717) is 73.4 Å². The average molecular weight is 1890 g/mol. The molecule has 1 aliphatic carbocycles. The van der Waals surface area contributed by atoms with E-state index >= 15 is 0 Å². The summed E-state index contributed by atoms with van der Waals surface area (Å²) in [6.07, 6.45) is 32.2. The van der Waals surface area contributed by atoms with Crippen molar-refractivity contribution >= 4 is 151 Å². The Morgan fingerprint density at radius 3 is 1.24 bits per heavy atom. The largest absolute Gasteiger partial charge is 0.494 e. The molecule has 2 aliphatic rings. The number of amides is 1. The topological polar surface area (TPSA) is 510 Å². The van der Waals surface area contributed by atoms with Crippen molar-refractivity contribution in [1.82, 2.24) is 89.7 Å². The van der Waals surface area contributed by atoms with Gasteiger partial charge in [0.2, 0.25) is 5.95 Å². The van der Waals surface area contributed by atoms with Crippen LogP contribution in [0.15, 0.2) is 259 Å². The molecule has 0 spiro atoms. The van der Waals surface area contributed by atoms with Gasteiger partial charge in [0, 0.05) is 150 Å². The zero-order valence-electron chi connectivity index (χ0n) is 72.0. The lowest BCUT2D eigenvalue weighted by Gasteiger charge is -2.32. The van der Waals surface area contributed by atoms with Crippen molar-refractivity contribution in [1.29, 1.82) is 0 Å². The minimum absolute atomic E-state index is 0.00849. The molecule has 5 aromatic carbocycles. The molecule has 668 valence electrons. The van der Waals surface area contributed by atoms with E-state index < -0.39 is 23.8 Å².